The van der Waals surface area contributed by atoms with Gasteiger partial charge in [0.2, 0.25) is 0 Å². The fourth-order valence-electron chi connectivity index (χ4n) is 2.39. The molecular formula is C15H31N3O. The fraction of sp³-hybridized carbons (Fsp3) is 0.933. The van der Waals surface area contributed by atoms with Gasteiger partial charge >= 0.3 is 0 Å². The van der Waals surface area contributed by atoms with E-state index in [9.17, 15) is 0 Å². The zero-order valence-corrected chi connectivity index (χ0v) is 12.9. The number of nitrogens with zero attached hydrogens (tertiary/aromatic N) is 1. The number of aliphatic imine (C=N–C) groups is 1. The van der Waals surface area contributed by atoms with Crippen molar-refractivity contribution in [3.63, 3.8) is 0 Å². The van der Waals surface area contributed by atoms with Gasteiger partial charge < -0.3 is 15.8 Å². The van der Waals surface area contributed by atoms with Gasteiger partial charge in [0, 0.05) is 26.3 Å². The largest absolute Gasteiger partial charge is 0.382 e. The molecule has 19 heavy (non-hydrogen) atoms. The Kier molecular flexibility index (Phi) is 7.21. The number of hydrogen-bond acceptors (Lipinski definition) is 2. The Morgan fingerprint density at radius 3 is 2.68 bits per heavy atom. The summed E-state index contributed by atoms with van der Waals surface area (Å²) < 4.78 is 5.47. The third-order valence-electron chi connectivity index (χ3n) is 4.01. The summed E-state index contributed by atoms with van der Waals surface area (Å²) in [5.41, 5.74) is 6.27. The first kappa shape index (κ1) is 16.3. The smallest absolute Gasteiger partial charge is 0.188 e. The van der Waals surface area contributed by atoms with Crippen molar-refractivity contribution < 1.29 is 4.74 Å². The Morgan fingerprint density at radius 2 is 2.16 bits per heavy atom. The van der Waals surface area contributed by atoms with Crippen LogP contribution in [0.1, 0.15) is 52.9 Å². The van der Waals surface area contributed by atoms with Crippen LogP contribution in [0.2, 0.25) is 0 Å². The van der Waals surface area contributed by atoms with E-state index in [1.54, 1.807) is 0 Å². The molecule has 0 radical (unpaired) electrons. The van der Waals surface area contributed by atoms with Gasteiger partial charge in [0.1, 0.15) is 0 Å². The number of hydrogen-bond donors (Lipinski definition) is 2. The molecule has 3 N–H and O–H groups in total. The molecule has 4 nitrogen and oxygen atoms in total. The lowest BCUT2D eigenvalue weighted by Gasteiger charge is -2.40. The summed E-state index contributed by atoms with van der Waals surface area (Å²) in [6.07, 6.45) is 6.10. The molecule has 0 aromatic heterocycles. The summed E-state index contributed by atoms with van der Waals surface area (Å²) in [7, 11) is 0. The molecule has 0 saturated heterocycles. The molecule has 0 unspecified atom stereocenters. The van der Waals surface area contributed by atoms with Crippen LogP contribution in [0, 0.1) is 11.3 Å². The summed E-state index contributed by atoms with van der Waals surface area (Å²) in [6, 6.07) is 0. The zero-order valence-electron chi connectivity index (χ0n) is 12.9. The average Bonchev–Trinajstić information content (AvgIpc) is 2.31. The topological polar surface area (TPSA) is 59.6 Å². The summed E-state index contributed by atoms with van der Waals surface area (Å²) in [6.45, 7) is 9.89. The summed E-state index contributed by atoms with van der Waals surface area (Å²) >= 11 is 0. The first-order valence-electron chi connectivity index (χ1n) is 7.69. The summed E-state index contributed by atoms with van der Waals surface area (Å²) in [4.78, 5) is 4.52. The zero-order chi connectivity index (χ0) is 14.1. The molecule has 0 atom stereocenters. The number of ether oxygens (including phenoxy) is 1. The second-order valence-electron chi connectivity index (χ2n) is 6.11. The van der Waals surface area contributed by atoms with Crippen molar-refractivity contribution in [2.24, 2.45) is 22.1 Å². The first-order valence-corrected chi connectivity index (χ1v) is 7.69. The quantitative estimate of drug-likeness (QED) is 0.384. The highest BCUT2D eigenvalue weighted by molar-refractivity contribution is 5.77. The van der Waals surface area contributed by atoms with E-state index >= 15 is 0 Å². The lowest BCUT2D eigenvalue weighted by molar-refractivity contribution is 0.0609. The summed E-state index contributed by atoms with van der Waals surface area (Å²) in [5, 5.41) is 3.20. The Bertz CT molecular complexity index is 273. The highest BCUT2D eigenvalue weighted by Gasteiger charge is 2.36. The molecule has 0 aromatic rings. The van der Waals surface area contributed by atoms with Gasteiger partial charge in [-0.1, -0.05) is 20.3 Å². The van der Waals surface area contributed by atoms with Crippen molar-refractivity contribution in [2.75, 3.05) is 26.3 Å². The standard InChI is InChI=1S/C15H31N3O/c1-4-19-11-9-15(7-5-8-15)12-18-14(16)17-10-6-13(2)3/h13H,4-12H2,1-3H3,(H3,16,17,18). The van der Waals surface area contributed by atoms with Crippen LogP contribution in [0.4, 0.5) is 0 Å². The molecule has 0 bridgehead atoms. The predicted molar refractivity (Wildman–Crippen MR) is 81.3 cm³/mol. The van der Waals surface area contributed by atoms with Crippen LogP contribution >= 0.6 is 0 Å². The van der Waals surface area contributed by atoms with E-state index in [1.807, 2.05) is 6.92 Å². The molecule has 1 fully saturated rings. The van der Waals surface area contributed by atoms with Gasteiger partial charge in [-0.15, -0.1) is 0 Å². The highest BCUT2D eigenvalue weighted by Crippen LogP contribution is 2.44. The third kappa shape index (κ3) is 6.28. The van der Waals surface area contributed by atoms with Crippen molar-refractivity contribution in [3.8, 4) is 0 Å². The van der Waals surface area contributed by atoms with Crippen LogP contribution in [-0.2, 0) is 4.74 Å². The molecule has 1 aliphatic carbocycles. The molecular weight excluding hydrogens is 238 g/mol. The minimum atomic E-state index is 0.361. The van der Waals surface area contributed by atoms with E-state index in [4.69, 9.17) is 10.5 Å². The molecule has 112 valence electrons. The molecule has 4 heteroatoms. The van der Waals surface area contributed by atoms with Crippen molar-refractivity contribution in [3.05, 3.63) is 0 Å². The van der Waals surface area contributed by atoms with Crippen LogP contribution in [0.15, 0.2) is 4.99 Å². The van der Waals surface area contributed by atoms with E-state index in [0.29, 0.717) is 17.3 Å². The van der Waals surface area contributed by atoms with Gasteiger partial charge in [-0.05, 0) is 43.9 Å². The van der Waals surface area contributed by atoms with Gasteiger partial charge in [0.25, 0.3) is 0 Å². The average molecular weight is 269 g/mol. The fourth-order valence-corrected chi connectivity index (χ4v) is 2.39. The van der Waals surface area contributed by atoms with Gasteiger partial charge in [0.15, 0.2) is 5.96 Å². The molecule has 0 heterocycles. The van der Waals surface area contributed by atoms with Crippen LogP contribution < -0.4 is 11.1 Å². The monoisotopic (exact) mass is 269 g/mol. The van der Waals surface area contributed by atoms with E-state index in [-0.39, 0.29) is 0 Å². The van der Waals surface area contributed by atoms with Crippen LogP contribution in [0.25, 0.3) is 0 Å². The molecule has 0 spiro atoms. The number of nitrogens with two attached hydrogens (primary N) is 1. The van der Waals surface area contributed by atoms with Gasteiger partial charge in [-0.2, -0.15) is 0 Å². The first-order chi connectivity index (χ1) is 9.08. The van der Waals surface area contributed by atoms with Crippen LogP contribution in [0.3, 0.4) is 0 Å². The van der Waals surface area contributed by atoms with E-state index < -0.39 is 0 Å². The Labute approximate surface area is 118 Å². The van der Waals surface area contributed by atoms with Crippen LogP contribution in [-0.4, -0.2) is 32.3 Å². The third-order valence-corrected chi connectivity index (χ3v) is 4.01. The molecule has 1 saturated carbocycles. The van der Waals surface area contributed by atoms with Crippen molar-refractivity contribution in [1.82, 2.24) is 5.32 Å². The maximum Gasteiger partial charge on any atom is 0.188 e. The highest BCUT2D eigenvalue weighted by atomic mass is 16.5. The Balaban J connectivity index is 2.26. The van der Waals surface area contributed by atoms with Crippen LogP contribution in [0.5, 0.6) is 0 Å². The van der Waals surface area contributed by atoms with Gasteiger partial charge in [0.05, 0.1) is 0 Å². The maximum atomic E-state index is 5.91. The lowest BCUT2D eigenvalue weighted by atomic mass is 9.67. The maximum absolute atomic E-state index is 5.91. The summed E-state index contributed by atoms with van der Waals surface area (Å²) in [5.74, 6) is 1.30. The number of nitrogens with one attached hydrogen (secondary N) is 1. The molecule has 0 amide bonds. The second kappa shape index (κ2) is 8.41. The van der Waals surface area contributed by atoms with Crippen molar-refractivity contribution >= 4 is 5.96 Å². The Hall–Kier alpha value is -0.770. The minimum absolute atomic E-state index is 0.361. The molecule has 0 aliphatic heterocycles. The lowest BCUT2D eigenvalue weighted by Crippen LogP contribution is -2.38. The van der Waals surface area contributed by atoms with Crippen molar-refractivity contribution in [2.45, 2.75) is 52.9 Å². The van der Waals surface area contributed by atoms with E-state index in [1.165, 1.54) is 19.3 Å². The SMILES string of the molecule is CCOCCC1(CN=C(N)NCCC(C)C)CCC1. The molecule has 1 aliphatic rings. The Morgan fingerprint density at radius 1 is 1.42 bits per heavy atom. The van der Waals surface area contributed by atoms with Gasteiger partial charge in [-0.3, -0.25) is 4.99 Å². The van der Waals surface area contributed by atoms with Gasteiger partial charge in [-0.25, -0.2) is 0 Å². The molecule has 0 aromatic carbocycles. The normalized spacial score (nSPS) is 18.4. The van der Waals surface area contributed by atoms with E-state index in [0.717, 1.165) is 39.1 Å². The van der Waals surface area contributed by atoms with Crippen molar-refractivity contribution in [1.29, 1.82) is 0 Å². The number of guanidine groups is 1. The molecule has 1 rings (SSSR count). The predicted octanol–water partition coefficient (Wildman–Crippen LogP) is 2.53. The van der Waals surface area contributed by atoms with E-state index in [2.05, 4.69) is 24.2 Å². The second-order valence-corrected chi connectivity index (χ2v) is 6.11. The number of rotatable bonds is 9. The minimum Gasteiger partial charge on any atom is -0.382 e.